The number of allylic oxidation sites excluding steroid dienone is 6. The van der Waals surface area contributed by atoms with Crippen LogP contribution >= 0.6 is 0 Å². The van der Waals surface area contributed by atoms with E-state index >= 15 is 0 Å². The third-order valence-electron chi connectivity index (χ3n) is 18.5. The minimum absolute atomic E-state index is 0.0135. The summed E-state index contributed by atoms with van der Waals surface area (Å²) in [5.41, 5.74) is 31.6. The Morgan fingerprint density at radius 1 is 0.443 bits per heavy atom. The van der Waals surface area contributed by atoms with E-state index in [-0.39, 0.29) is 27.8 Å². The van der Waals surface area contributed by atoms with Gasteiger partial charge in [0.25, 0.3) is 0 Å². The van der Waals surface area contributed by atoms with Crippen LogP contribution in [0.4, 0.5) is 0 Å². The summed E-state index contributed by atoms with van der Waals surface area (Å²) in [6.45, 7) is 41.9. The molecular formula is C77H86O2. The zero-order valence-corrected chi connectivity index (χ0v) is 51.1. The predicted molar refractivity (Wildman–Crippen MR) is 340 cm³/mol. The minimum Gasteiger partial charge on any atom is -0.484 e. The molecule has 3 unspecified atom stereocenters. The van der Waals surface area contributed by atoms with Gasteiger partial charge in [-0.1, -0.05) is 252 Å². The highest BCUT2D eigenvalue weighted by atomic mass is 16.5. The molecule has 2 heterocycles. The van der Waals surface area contributed by atoms with Crippen molar-refractivity contribution in [3.8, 4) is 28.0 Å². The number of rotatable bonds is 0. The van der Waals surface area contributed by atoms with E-state index in [1.807, 2.05) is 41.5 Å². The Kier molecular flexibility index (Phi) is 14.3. The lowest BCUT2D eigenvalue weighted by Gasteiger charge is -2.30. The summed E-state index contributed by atoms with van der Waals surface area (Å²) in [5, 5.41) is 2.41. The number of aryl methyl sites for hydroxylation is 4. The molecule has 8 aromatic rings. The Morgan fingerprint density at radius 2 is 1.03 bits per heavy atom. The van der Waals surface area contributed by atoms with Crippen molar-refractivity contribution in [3.63, 3.8) is 0 Å². The standard InChI is InChI=1S/C31H30O.C31H26O.C9H12.3C2H6/c2*1-17-10-11-18-21-15-26-22(16-25(21)31(4,5)24(18)14-17)28-23(30(26,2)3)13-12-20-19-8-6-7-9-27(19)32-29(20)28;1-7-4-8(2)6-9(3)5-7;3*1-2/h6-10,12-16,18,28-29H,11H2,1-5H3;6-16H,1-5H3;4-6H,1-3H3;3*1-2H3. The summed E-state index contributed by atoms with van der Waals surface area (Å²) in [4.78, 5) is 0. The highest BCUT2D eigenvalue weighted by molar-refractivity contribution is 6.12. The average Bonchev–Trinajstić information content (AvgIpc) is 2.69. The van der Waals surface area contributed by atoms with E-state index < -0.39 is 0 Å². The molecule has 79 heavy (non-hydrogen) atoms. The summed E-state index contributed by atoms with van der Waals surface area (Å²) >= 11 is 0. The molecule has 0 saturated carbocycles. The molecule has 0 radical (unpaired) electrons. The van der Waals surface area contributed by atoms with E-state index in [9.17, 15) is 0 Å². The molecule has 7 aromatic carbocycles. The molecule has 2 heteroatoms. The molecule has 0 bridgehead atoms. The lowest BCUT2D eigenvalue weighted by Crippen LogP contribution is -2.27. The van der Waals surface area contributed by atoms with Crippen LogP contribution in [-0.2, 0) is 21.7 Å². The fraction of sp³-hybridized carbons (Fsp3) is 0.351. The molecule has 0 spiro atoms. The van der Waals surface area contributed by atoms with Crippen LogP contribution in [0, 0.1) is 27.7 Å². The predicted octanol–water partition coefficient (Wildman–Crippen LogP) is 21.7. The van der Waals surface area contributed by atoms with E-state index in [4.69, 9.17) is 9.15 Å². The maximum Gasteiger partial charge on any atom is 0.143 e. The average molecular weight is 1040 g/mol. The number of ether oxygens (including phenoxy) is 1. The van der Waals surface area contributed by atoms with Crippen LogP contribution in [0.2, 0.25) is 0 Å². The molecule has 0 saturated heterocycles. The van der Waals surface area contributed by atoms with E-state index in [0.717, 1.165) is 23.3 Å². The van der Waals surface area contributed by atoms with Crippen LogP contribution in [0.15, 0.2) is 167 Å². The fourth-order valence-electron chi connectivity index (χ4n) is 14.8. The zero-order chi connectivity index (χ0) is 56.8. The number of furan rings is 1. The van der Waals surface area contributed by atoms with Crippen molar-refractivity contribution in [2.24, 2.45) is 0 Å². The summed E-state index contributed by atoms with van der Waals surface area (Å²) in [7, 11) is 0. The van der Waals surface area contributed by atoms with Crippen molar-refractivity contribution in [3.05, 3.63) is 235 Å². The van der Waals surface area contributed by atoms with Crippen LogP contribution in [0.5, 0.6) is 5.75 Å². The van der Waals surface area contributed by atoms with Gasteiger partial charge in [-0.25, -0.2) is 0 Å². The minimum atomic E-state index is -0.0650. The Morgan fingerprint density at radius 3 is 1.73 bits per heavy atom. The lowest BCUT2D eigenvalue weighted by molar-refractivity contribution is 0.252. The molecule has 0 N–H and O–H groups in total. The van der Waals surface area contributed by atoms with Crippen LogP contribution in [0.3, 0.4) is 0 Å². The van der Waals surface area contributed by atoms with E-state index in [2.05, 4.69) is 236 Å². The normalized spacial score (nSPS) is 20.0. The van der Waals surface area contributed by atoms with Crippen molar-refractivity contribution in [1.82, 2.24) is 0 Å². The van der Waals surface area contributed by atoms with Crippen LogP contribution < -0.4 is 4.74 Å². The molecule has 2 nitrogen and oxygen atoms in total. The molecule has 1 aromatic heterocycles. The second kappa shape index (κ2) is 20.3. The van der Waals surface area contributed by atoms with Gasteiger partial charge in [-0.3, -0.25) is 0 Å². The molecule has 3 atom stereocenters. The van der Waals surface area contributed by atoms with E-state index in [0.29, 0.717) is 11.8 Å². The third-order valence-corrected chi connectivity index (χ3v) is 18.5. The molecule has 1 aliphatic heterocycles. The number of fused-ring (bicyclic) bond motifs is 20. The van der Waals surface area contributed by atoms with Gasteiger partial charge in [-0.15, -0.1) is 0 Å². The summed E-state index contributed by atoms with van der Waals surface area (Å²) < 4.78 is 13.1. The number of hydrogen-bond donors (Lipinski definition) is 0. The van der Waals surface area contributed by atoms with Crippen molar-refractivity contribution in [2.75, 3.05) is 0 Å². The van der Waals surface area contributed by atoms with Crippen molar-refractivity contribution >= 4 is 27.5 Å². The van der Waals surface area contributed by atoms with Gasteiger partial charge in [0, 0.05) is 61.0 Å². The molecule has 7 aliphatic rings. The molecule has 0 fully saturated rings. The highest BCUT2D eigenvalue weighted by Crippen LogP contribution is 2.63. The van der Waals surface area contributed by atoms with Crippen LogP contribution in [-0.4, -0.2) is 6.10 Å². The first-order valence-corrected chi connectivity index (χ1v) is 29.8. The topological polar surface area (TPSA) is 22.4 Å². The monoisotopic (exact) mass is 1040 g/mol. The Balaban J connectivity index is 0.000000143. The molecular weight excluding hydrogens is 957 g/mol. The lowest BCUT2D eigenvalue weighted by atomic mass is 9.75. The second-order valence-corrected chi connectivity index (χ2v) is 24.7. The molecule has 0 amide bonds. The SMILES string of the molecule is CC.CC.CC.CC1=CCC2C(=C1)C(C)(C)c1cc3c(cc12)C(C)(C)C1=CC=C2c4ccccc4OC2C13.Cc1cc(C)cc(C)c1.Cc1ccc2c(c1)C(C)(C)c1cc3c(cc1-2)C(C)(C)c1ccc2c(oc4ccccc42)c1-3. The summed E-state index contributed by atoms with van der Waals surface area (Å²) in [6, 6.07) is 45.1. The summed E-state index contributed by atoms with van der Waals surface area (Å²) in [5.74, 6) is 1.86. The first kappa shape index (κ1) is 55.4. The maximum absolute atomic E-state index is 6.63. The first-order valence-electron chi connectivity index (χ1n) is 29.8. The largest absolute Gasteiger partial charge is 0.484 e. The summed E-state index contributed by atoms with van der Waals surface area (Å²) in [6.07, 6.45) is 10.8. The quantitative estimate of drug-likeness (QED) is 0.151. The smallest absolute Gasteiger partial charge is 0.143 e. The Bertz CT molecular complexity index is 3810. The molecule has 15 rings (SSSR count). The van der Waals surface area contributed by atoms with Gasteiger partial charge in [-0.05, 0) is 132 Å². The van der Waals surface area contributed by atoms with Gasteiger partial charge in [-0.2, -0.15) is 0 Å². The fourth-order valence-corrected chi connectivity index (χ4v) is 14.8. The number of benzene rings is 7. The van der Waals surface area contributed by atoms with Crippen molar-refractivity contribution in [1.29, 1.82) is 0 Å². The van der Waals surface area contributed by atoms with Gasteiger partial charge in [0.1, 0.15) is 23.0 Å². The Hall–Kier alpha value is -6.90. The van der Waals surface area contributed by atoms with Gasteiger partial charge >= 0.3 is 0 Å². The van der Waals surface area contributed by atoms with Gasteiger partial charge < -0.3 is 9.15 Å². The maximum atomic E-state index is 6.63. The van der Waals surface area contributed by atoms with Gasteiger partial charge in [0.05, 0.1) is 0 Å². The Labute approximate surface area is 474 Å². The van der Waals surface area contributed by atoms with Crippen molar-refractivity contribution in [2.45, 2.75) is 178 Å². The number of para-hydroxylation sites is 2. The third kappa shape index (κ3) is 8.56. The molecule has 406 valence electrons. The zero-order valence-electron chi connectivity index (χ0n) is 51.1. The van der Waals surface area contributed by atoms with E-state index in [1.165, 1.54) is 117 Å². The van der Waals surface area contributed by atoms with Crippen LogP contribution in [0.25, 0.3) is 49.8 Å². The van der Waals surface area contributed by atoms with Crippen molar-refractivity contribution < 1.29 is 9.15 Å². The highest BCUT2D eigenvalue weighted by Gasteiger charge is 2.53. The van der Waals surface area contributed by atoms with Crippen LogP contribution in [0.1, 0.15) is 194 Å². The molecule has 6 aliphatic carbocycles. The van der Waals surface area contributed by atoms with E-state index in [1.54, 1.807) is 11.1 Å². The van der Waals surface area contributed by atoms with Gasteiger partial charge in [0.2, 0.25) is 0 Å². The number of hydrogen-bond acceptors (Lipinski definition) is 2. The van der Waals surface area contributed by atoms with Gasteiger partial charge in [0.15, 0.2) is 0 Å². The first-order chi connectivity index (χ1) is 37.7. The second-order valence-electron chi connectivity index (χ2n) is 24.7.